The van der Waals surface area contributed by atoms with Crippen molar-refractivity contribution in [2.75, 3.05) is 13.1 Å². The molecule has 198 valence electrons. The summed E-state index contributed by atoms with van der Waals surface area (Å²) in [5, 5.41) is 1.99. The molecule has 2 aromatic carbocycles. The van der Waals surface area contributed by atoms with E-state index >= 15 is 0 Å². The SMILES string of the molecule is CCC(C)N(CC(=O)N1CCc2sccc2C1c1ccccc1C)S(=O)(=O)c1cccc(C(F)(F)F)c1. The normalized spacial score (nSPS) is 17.1. The lowest BCUT2D eigenvalue weighted by atomic mass is 9.90. The number of hydrogen-bond donors (Lipinski definition) is 0. The quantitative estimate of drug-likeness (QED) is 0.361. The summed E-state index contributed by atoms with van der Waals surface area (Å²) in [7, 11) is -4.38. The Morgan fingerprint density at radius 1 is 1.14 bits per heavy atom. The minimum atomic E-state index is -4.69. The van der Waals surface area contributed by atoms with E-state index in [1.807, 2.05) is 42.6 Å². The first-order valence-corrected chi connectivity index (χ1v) is 14.4. The highest BCUT2D eigenvalue weighted by Gasteiger charge is 2.38. The number of carbonyl (C=O) groups excluding carboxylic acids is 1. The van der Waals surface area contributed by atoms with Crippen LogP contribution >= 0.6 is 11.3 Å². The van der Waals surface area contributed by atoms with Crippen molar-refractivity contribution >= 4 is 27.3 Å². The van der Waals surface area contributed by atoms with Crippen LogP contribution in [0, 0.1) is 6.92 Å². The van der Waals surface area contributed by atoms with Gasteiger partial charge in [0.05, 0.1) is 23.0 Å². The third kappa shape index (κ3) is 5.46. The lowest BCUT2D eigenvalue weighted by molar-refractivity contribution is -0.138. The van der Waals surface area contributed by atoms with E-state index in [4.69, 9.17) is 0 Å². The number of fused-ring (bicyclic) bond motifs is 1. The number of alkyl halides is 3. The molecular weight excluding hydrogens is 521 g/mol. The average molecular weight is 551 g/mol. The number of thiophene rings is 1. The summed E-state index contributed by atoms with van der Waals surface area (Å²) in [6.07, 6.45) is -3.64. The Hall–Kier alpha value is -2.69. The molecule has 0 fully saturated rings. The van der Waals surface area contributed by atoms with Crippen LogP contribution < -0.4 is 0 Å². The number of aryl methyl sites for hydroxylation is 1. The summed E-state index contributed by atoms with van der Waals surface area (Å²) >= 11 is 1.63. The van der Waals surface area contributed by atoms with Crippen molar-refractivity contribution in [3.8, 4) is 0 Å². The minimum absolute atomic E-state index is 0.362. The van der Waals surface area contributed by atoms with Crippen molar-refractivity contribution in [2.24, 2.45) is 0 Å². The van der Waals surface area contributed by atoms with Crippen molar-refractivity contribution < 1.29 is 26.4 Å². The lowest BCUT2D eigenvalue weighted by Crippen LogP contribution is -2.49. The zero-order chi connectivity index (χ0) is 27.0. The highest BCUT2D eigenvalue weighted by molar-refractivity contribution is 7.89. The molecule has 0 bridgehead atoms. The van der Waals surface area contributed by atoms with Crippen LogP contribution in [-0.4, -0.2) is 42.7 Å². The zero-order valence-corrected chi connectivity index (χ0v) is 22.5. The van der Waals surface area contributed by atoms with Crippen LogP contribution in [0.4, 0.5) is 13.2 Å². The standard InChI is InChI=1S/C27H29F3N2O3S2/c1-4-19(3)32(37(34,35)21-10-7-9-20(16-21)27(28,29)30)17-25(33)31-14-12-24-23(13-15-36-24)26(31)22-11-6-5-8-18(22)2/h5-11,13,15-16,19,26H,4,12,14,17H2,1-3H3. The summed E-state index contributed by atoms with van der Waals surface area (Å²) < 4.78 is 68.1. The van der Waals surface area contributed by atoms with Gasteiger partial charge in [-0.2, -0.15) is 17.5 Å². The maximum absolute atomic E-state index is 13.8. The number of hydrogen-bond acceptors (Lipinski definition) is 4. The fraction of sp³-hybridized carbons (Fsp3) is 0.370. The van der Waals surface area contributed by atoms with Gasteiger partial charge in [-0.05, 0) is 73.0 Å². The Morgan fingerprint density at radius 3 is 2.54 bits per heavy atom. The molecule has 1 aliphatic rings. The van der Waals surface area contributed by atoms with E-state index in [2.05, 4.69) is 0 Å². The Balaban J connectivity index is 1.71. The summed E-state index contributed by atoms with van der Waals surface area (Å²) in [4.78, 5) is 16.2. The Morgan fingerprint density at radius 2 is 1.86 bits per heavy atom. The molecule has 3 aromatic rings. The van der Waals surface area contributed by atoms with Gasteiger partial charge < -0.3 is 4.90 Å². The third-order valence-corrected chi connectivity index (χ3v) is 9.86. The Labute approximate surface area is 219 Å². The first-order valence-electron chi connectivity index (χ1n) is 12.1. The van der Waals surface area contributed by atoms with E-state index in [0.29, 0.717) is 25.5 Å². The molecule has 0 spiro atoms. The topological polar surface area (TPSA) is 57.7 Å². The zero-order valence-electron chi connectivity index (χ0n) is 20.8. The Bertz CT molecular complexity index is 1390. The molecule has 5 nitrogen and oxygen atoms in total. The van der Waals surface area contributed by atoms with Gasteiger partial charge in [0, 0.05) is 17.5 Å². The van der Waals surface area contributed by atoms with Crippen molar-refractivity contribution in [2.45, 2.75) is 56.8 Å². The van der Waals surface area contributed by atoms with Crippen molar-refractivity contribution in [1.82, 2.24) is 9.21 Å². The summed E-state index contributed by atoms with van der Waals surface area (Å²) in [5.41, 5.74) is 1.95. The maximum Gasteiger partial charge on any atom is 0.416 e. The van der Waals surface area contributed by atoms with Gasteiger partial charge in [-0.3, -0.25) is 4.79 Å². The fourth-order valence-corrected chi connectivity index (χ4v) is 7.29. The van der Waals surface area contributed by atoms with Gasteiger partial charge in [0.2, 0.25) is 15.9 Å². The van der Waals surface area contributed by atoms with Crippen LogP contribution in [0.1, 0.15) is 53.4 Å². The minimum Gasteiger partial charge on any atom is -0.330 e. The van der Waals surface area contributed by atoms with Crippen LogP contribution in [0.3, 0.4) is 0 Å². The Kier molecular flexibility index (Phi) is 7.83. The number of carbonyl (C=O) groups is 1. The number of amides is 1. The predicted molar refractivity (Wildman–Crippen MR) is 138 cm³/mol. The molecule has 2 unspecified atom stereocenters. The molecule has 37 heavy (non-hydrogen) atoms. The second-order valence-electron chi connectivity index (χ2n) is 9.23. The predicted octanol–water partition coefficient (Wildman–Crippen LogP) is 6.04. The molecular formula is C27H29F3N2O3S2. The monoisotopic (exact) mass is 550 g/mol. The molecule has 2 atom stereocenters. The molecule has 0 aliphatic carbocycles. The van der Waals surface area contributed by atoms with Crippen molar-refractivity contribution in [3.63, 3.8) is 0 Å². The first kappa shape index (κ1) is 27.3. The van der Waals surface area contributed by atoms with E-state index in [-0.39, 0.29) is 11.9 Å². The average Bonchev–Trinajstić information content (AvgIpc) is 3.35. The summed E-state index contributed by atoms with van der Waals surface area (Å²) in [6, 6.07) is 12.5. The van der Waals surface area contributed by atoms with Crippen LogP contribution in [0.5, 0.6) is 0 Å². The van der Waals surface area contributed by atoms with Crippen LogP contribution in [-0.2, 0) is 27.4 Å². The van der Waals surface area contributed by atoms with E-state index in [1.54, 1.807) is 30.1 Å². The van der Waals surface area contributed by atoms with Crippen molar-refractivity contribution in [1.29, 1.82) is 0 Å². The first-order chi connectivity index (χ1) is 17.4. The maximum atomic E-state index is 13.8. The fourth-order valence-electron chi connectivity index (χ4n) is 4.69. The molecule has 0 saturated carbocycles. The molecule has 1 aliphatic heterocycles. The van der Waals surface area contributed by atoms with E-state index < -0.39 is 39.2 Å². The number of nitrogens with zero attached hydrogens (tertiary/aromatic N) is 2. The highest BCUT2D eigenvalue weighted by atomic mass is 32.2. The van der Waals surface area contributed by atoms with E-state index in [0.717, 1.165) is 39.2 Å². The van der Waals surface area contributed by atoms with Gasteiger partial charge in [-0.1, -0.05) is 37.3 Å². The van der Waals surface area contributed by atoms with Crippen LogP contribution in [0.2, 0.25) is 0 Å². The molecule has 0 saturated heterocycles. The molecule has 0 radical (unpaired) electrons. The second-order valence-corrected chi connectivity index (χ2v) is 12.1. The van der Waals surface area contributed by atoms with Crippen molar-refractivity contribution in [3.05, 3.63) is 87.1 Å². The molecule has 10 heteroatoms. The van der Waals surface area contributed by atoms with Gasteiger partial charge >= 0.3 is 6.18 Å². The third-order valence-electron chi connectivity index (χ3n) is 6.91. The van der Waals surface area contributed by atoms with Gasteiger partial charge in [-0.25, -0.2) is 8.42 Å². The molecule has 4 rings (SSSR count). The largest absolute Gasteiger partial charge is 0.416 e. The van der Waals surface area contributed by atoms with Gasteiger partial charge in [0.1, 0.15) is 0 Å². The number of halogens is 3. The molecule has 1 amide bonds. The van der Waals surface area contributed by atoms with Gasteiger partial charge in [0.25, 0.3) is 0 Å². The second kappa shape index (κ2) is 10.6. The highest BCUT2D eigenvalue weighted by Crippen LogP contribution is 2.39. The number of sulfonamides is 1. The van der Waals surface area contributed by atoms with E-state index in [1.165, 1.54) is 4.88 Å². The van der Waals surface area contributed by atoms with Crippen LogP contribution in [0.25, 0.3) is 0 Å². The van der Waals surface area contributed by atoms with Gasteiger partial charge in [0.15, 0.2) is 0 Å². The summed E-state index contributed by atoms with van der Waals surface area (Å²) in [6.45, 7) is 5.36. The van der Waals surface area contributed by atoms with E-state index in [9.17, 15) is 26.4 Å². The summed E-state index contributed by atoms with van der Waals surface area (Å²) in [5.74, 6) is -0.388. The lowest BCUT2D eigenvalue weighted by Gasteiger charge is -2.38. The smallest absolute Gasteiger partial charge is 0.330 e. The molecule has 0 N–H and O–H groups in total. The van der Waals surface area contributed by atoms with Crippen LogP contribution in [0.15, 0.2) is 64.9 Å². The number of benzene rings is 2. The van der Waals surface area contributed by atoms with Gasteiger partial charge in [-0.15, -0.1) is 11.3 Å². The number of rotatable bonds is 7. The molecule has 1 aromatic heterocycles. The molecule has 2 heterocycles.